The van der Waals surface area contributed by atoms with Crippen molar-refractivity contribution >= 4 is 11.6 Å². The van der Waals surface area contributed by atoms with E-state index in [1.54, 1.807) is 0 Å². The molecule has 1 atom stereocenters. The van der Waals surface area contributed by atoms with Crippen LogP contribution in [-0.2, 0) is 6.54 Å². The summed E-state index contributed by atoms with van der Waals surface area (Å²) in [6.07, 6.45) is 1.10. The Bertz CT molecular complexity index is 575. The Morgan fingerprint density at radius 2 is 2.15 bits per heavy atom. The van der Waals surface area contributed by atoms with Crippen LogP contribution in [0.2, 0.25) is 5.02 Å². The van der Waals surface area contributed by atoms with Gasteiger partial charge in [-0.25, -0.2) is 0 Å². The van der Waals surface area contributed by atoms with Crippen molar-refractivity contribution in [2.24, 2.45) is 0 Å². The molecule has 20 heavy (non-hydrogen) atoms. The van der Waals surface area contributed by atoms with E-state index in [1.165, 1.54) is 0 Å². The van der Waals surface area contributed by atoms with Gasteiger partial charge in [0.2, 0.25) is 11.8 Å². The third kappa shape index (κ3) is 3.00. The number of nitrogens with zero attached hydrogens (tertiary/aromatic N) is 2. The van der Waals surface area contributed by atoms with Crippen LogP contribution in [0.5, 0.6) is 0 Å². The third-order valence-corrected chi connectivity index (χ3v) is 3.85. The van der Waals surface area contributed by atoms with E-state index in [-0.39, 0.29) is 5.54 Å². The minimum absolute atomic E-state index is 0.106. The Kier molecular flexibility index (Phi) is 3.74. The highest BCUT2D eigenvalue weighted by Crippen LogP contribution is 2.20. The molecule has 0 radical (unpaired) electrons. The molecule has 1 aromatic heterocycles. The van der Waals surface area contributed by atoms with Crippen molar-refractivity contribution in [3.8, 4) is 11.5 Å². The number of rotatable bonds is 4. The Labute approximate surface area is 122 Å². The summed E-state index contributed by atoms with van der Waals surface area (Å²) in [5, 5.41) is 15.6. The Morgan fingerprint density at radius 3 is 2.85 bits per heavy atom. The molecule has 0 aliphatic carbocycles. The number of hydrogen-bond acceptors (Lipinski definition) is 5. The van der Waals surface area contributed by atoms with Gasteiger partial charge in [-0.3, -0.25) is 0 Å². The van der Waals surface area contributed by atoms with Crippen molar-refractivity contribution in [3.05, 3.63) is 35.2 Å². The number of nitrogens with one attached hydrogen (secondary N) is 2. The van der Waals surface area contributed by atoms with Crippen LogP contribution in [0, 0.1) is 0 Å². The average molecular weight is 293 g/mol. The van der Waals surface area contributed by atoms with E-state index in [0.717, 1.165) is 25.1 Å². The highest BCUT2D eigenvalue weighted by Gasteiger charge is 2.28. The van der Waals surface area contributed by atoms with Gasteiger partial charge in [-0.1, -0.05) is 11.6 Å². The van der Waals surface area contributed by atoms with E-state index in [1.807, 2.05) is 24.3 Å². The predicted octanol–water partition coefficient (Wildman–Crippen LogP) is 2.23. The van der Waals surface area contributed by atoms with Crippen LogP contribution in [-0.4, -0.2) is 28.8 Å². The minimum atomic E-state index is 0.106. The summed E-state index contributed by atoms with van der Waals surface area (Å²) in [7, 11) is 0. The Hall–Kier alpha value is -1.43. The van der Waals surface area contributed by atoms with E-state index in [4.69, 9.17) is 16.0 Å². The fourth-order valence-corrected chi connectivity index (χ4v) is 2.42. The molecule has 2 heterocycles. The van der Waals surface area contributed by atoms with Gasteiger partial charge in [0, 0.05) is 22.7 Å². The topological polar surface area (TPSA) is 63.0 Å². The molecule has 106 valence electrons. The molecule has 6 heteroatoms. The molecule has 0 saturated carbocycles. The molecular weight excluding hydrogens is 276 g/mol. The summed E-state index contributed by atoms with van der Waals surface area (Å²) >= 11 is 5.86. The third-order valence-electron chi connectivity index (χ3n) is 3.59. The van der Waals surface area contributed by atoms with Crippen molar-refractivity contribution in [2.45, 2.75) is 25.4 Å². The van der Waals surface area contributed by atoms with Crippen LogP contribution in [0.15, 0.2) is 28.7 Å². The number of benzene rings is 1. The molecule has 1 aromatic carbocycles. The normalized spacial score (nSPS) is 22.3. The molecule has 1 aliphatic rings. The molecule has 2 N–H and O–H groups in total. The van der Waals surface area contributed by atoms with E-state index in [0.29, 0.717) is 23.3 Å². The quantitative estimate of drug-likeness (QED) is 0.905. The molecule has 0 bridgehead atoms. The number of aromatic nitrogens is 2. The number of halogens is 1. The highest BCUT2D eigenvalue weighted by atomic mass is 35.5. The zero-order chi connectivity index (χ0) is 14.0. The van der Waals surface area contributed by atoms with Gasteiger partial charge in [0.15, 0.2) is 0 Å². The molecule has 1 unspecified atom stereocenters. The molecule has 1 saturated heterocycles. The van der Waals surface area contributed by atoms with Crippen LogP contribution in [0.25, 0.3) is 11.5 Å². The zero-order valence-electron chi connectivity index (χ0n) is 11.3. The van der Waals surface area contributed by atoms with Crippen molar-refractivity contribution in [3.63, 3.8) is 0 Å². The van der Waals surface area contributed by atoms with Gasteiger partial charge < -0.3 is 15.1 Å². The lowest BCUT2D eigenvalue weighted by atomic mass is 10.0. The van der Waals surface area contributed by atoms with Crippen LogP contribution in [0.3, 0.4) is 0 Å². The lowest BCUT2D eigenvalue weighted by Gasteiger charge is -2.23. The van der Waals surface area contributed by atoms with Crippen molar-refractivity contribution in [2.75, 3.05) is 13.1 Å². The molecule has 5 nitrogen and oxygen atoms in total. The molecule has 0 amide bonds. The van der Waals surface area contributed by atoms with Gasteiger partial charge in [0.25, 0.3) is 0 Å². The van der Waals surface area contributed by atoms with E-state index in [2.05, 4.69) is 27.8 Å². The highest BCUT2D eigenvalue weighted by molar-refractivity contribution is 6.30. The Balaban J connectivity index is 1.66. The molecular formula is C14H17ClN4O. The molecule has 2 aromatic rings. The first kappa shape index (κ1) is 13.5. The monoisotopic (exact) mass is 292 g/mol. The van der Waals surface area contributed by atoms with E-state index in [9.17, 15) is 0 Å². The number of hydrogen-bond donors (Lipinski definition) is 2. The van der Waals surface area contributed by atoms with Crippen LogP contribution in [0.4, 0.5) is 0 Å². The van der Waals surface area contributed by atoms with Crippen LogP contribution in [0.1, 0.15) is 19.2 Å². The van der Waals surface area contributed by atoms with Gasteiger partial charge >= 0.3 is 0 Å². The van der Waals surface area contributed by atoms with Crippen molar-refractivity contribution in [1.29, 1.82) is 0 Å². The lowest BCUT2D eigenvalue weighted by molar-refractivity contribution is 0.356. The first-order valence-corrected chi connectivity index (χ1v) is 7.07. The molecule has 0 spiro atoms. The van der Waals surface area contributed by atoms with Gasteiger partial charge in [-0.05, 0) is 44.2 Å². The Morgan fingerprint density at radius 1 is 1.35 bits per heavy atom. The van der Waals surface area contributed by atoms with Crippen molar-refractivity contribution in [1.82, 2.24) is 20.8 Å². The minimum Gasteiger partial charge on any atom is -0.419 e. The predicted molar refractivity (Wildman–Crippen MR) is 77.5 cm³/mol. The van der Waals surface area contributed by atoms with Gasteiger partial charge in [0.1, 0.15) is 0 Å². The summed E-state index contributed by atoms with van der Waals surface area (Å²) in [5.74, 6) is 1.12. The summed E-state index contributed by atoms with van der Waals surface area (Å²) in [6.45, 7) is 4.79. The second-order valence-corrected chi connectivity index (χ2v) is 5.79. The SMILES string of the molecule is CC1(NCc2nnc(-c3ccc(Cl)cc3)o2)CCNC1. The summed E-state index contributed by atoms with van der Waals surface area (Å²) < 4.78 is 5.67. The zero-order valence-corrected chi connectivity index (χ0v) is 12.1. The fraction of sp³-hybridized carbons (Fsp3) is 0.429. The maximum absolute atomic E-state index is 5.86. The molecule has 1 fully saturated rings. The van der Waals surface area contributed by atoms with Gasteiger partial charge in [-0.2, -0.15) is 0 Å². The van der Waals surface area contributed by atoms with E-state index >= 15 is 0 Å². The van der Waals surface area contributed by atoms with Gasteiger partial charge in [0.05, 0.1) is 6.54 Å². The fourth-order valence-electron chi connectivity index (χ4n) is 2.29. The maximum atomic E-state index is 5.86. The average Bonchev–Trinajstić information content (AvgIpc) is 3.07. The second kappa shape index (κ2) is 5.52. The standard InChI is InChI=1S/C14H17ClN4O/c1-14(6-7-16-9-14)17-8-12-18-19-13(20-12)10-2-4-11(15)5-3-10/h2-5,16-17H,6-9H2,1H3. The molecule has 1 aliphatic heterocycles. The van der Waals surface area contributed by atoms with E-state index < -0.39 is 0 Å². The van der Waals surface area contributed by atoms with Crippen LogP contribution >= 0.6 is 11.6 Å². The first-order valence-electron chi connectivity index (χ1n) is 6.69. The van der Waals surface area contributed by atoms with Crippen LogP contribution < -0.4 is 10.6 Å². The summed E-state index contributed by atoms with van der Waals surface area (Å²) in [6, 6.07) is 7.36. The lowest BCUT2D eigenvalue weighted by Crippen LogP contribution is -2.43. The maximum Gasteiger partial charge on any atom is 0.247 e. The summed E-state index contributed by atoms with van der Waals surface area (Å²) in [4.78, 5) is 0. The molecule has 3 rings (SSSR count). The summed E-state index contributed by atoms with van der Waals surface area (Å²) in [5.41, 5.74) is 0.983. The largest absolute Gasteiger partial charge is 0.419 e. The first-order chi connectivity index (χ1) is 9.65. The second-order valence-electron chi connectivity index (χ2n) is 5.35. The van der Waals surface area contributed by atoms with Gasteiger partial charge in [-0.15, -0.1) is 10.2 Å². The van der Waals surface area contributed by atoms with Crippen molar-refractivity contribution < 1.29 is 4.42 Å². The smallest absolute Gasteiger partial charge is 0.247 e.